The van der Waals surface area contributed by atoms with E-state index in [1.54, 1.807) is 17.0 Å². The van der Waals surface area contributed by atoms with Gasteiger partial charge in [-0.05, 0) is 43.2 Å². The average molecular weight is 371 g/mol. The van der Waals surface area contributed by atoms with Crippen LogP contribution in [-0.2, 0) is 14.3 Å². The molecule has 142 valence electrons. The molecular formula is C21H22FNO4. The Balaban J connectivity index is 1.52. The average Bonchev–Trinajstić information content (AvgIpc) is 3.04. The molecule has 6 heteroatoms. The zero-order valence-electron chi connectivity index (χ0n) is 15.4. The first-order valence-electron chi connectivity index (χ1n) is 8.88. The van der Waals surface area contributed by atoms with Crippen LogP contribution in [0.5, 0.6) is 5.75 Å². The molecule has 2 aromatic rings. The lowest BCUT2D eigenvalue weighted by Gasteiger charge is -2.20. The van der Waals surface area contributed by atoms with Gasteiger partial charge < -0.3 is 14.4 Å². The summed E-state index contributed by atoms with van der Waals surface area (Å²) >= 11 is 0. The lowest BCUT2D eigenvalue weighted by Crippen LogP contribution is -2.27. The van der Waals surface area contributed by atoms with Crippen LogP contribution in [0.3, 0.4) is 0 Å². The molecule has 0 saturated carbocycles. The third-order valence-electron chi connectivity index (χ3n) is 4.75. The van der Waals surface area contributed by atoms with Crippen molar-refractivity contribution >= 4 is 17.6 Å². The largest absolute Gasteiger partial charge is 0.487 e. The number of para-hydroxylation sites is 1. The molecule has 1 heterocycles. The van der Waals surface area contributed by atoms with Crippen LogP contribution < -0.4 is 9.64 Å². The molecule has 0 spiro atoms. The van der Waals surface area contributed by atoms with Crippen molar-refractivity contribution in [3.8, 4) is 5.75 Å². The number of anilines is 1. The van der Waals surface area contributed by atoms with E-state index >= 15 is 0 Å². The lowest BCUT2D eigenvalue weighted by molar-refractivity contribution is -0.149. The molecule has 0 unspecified atom stereocenters. The quantitative estimate of drug-likeness (QED) is 0.577. The lowest BCUT2D eigenvalue weighted by atomic mass is 10.1. The van der Waals surface area contributed by atoms with Crippen molar-refractivity contribution in [2.45, 2.75) is 20.3 Å². The van der Waals surface area contributed by atoms with Crippen LogP contribution >= 0.6 is 0 Å². The third kappa shape index (κ3) is 4.27. The topological polar surface area (TPSA) is 55.8 Å². The number of benzene rings is 2. The van der Waals surface area contributed by atoms with E-state index in [2.05, 4.69) is 0 Å². The summed E-state index contributed by atoms with van der Waals surface area (Å²) in [5, 5.41) is 0. The summed E-state index contributed by atoms with van der Waals surface area (Å²) in [4.78, 5) is 26.3. The van der Waals surface area contributed by atoms with Crippen molar-refractivity contribution in [1.82, 2.24) is 0 Å². The van der Waals surface area contributed by atoms with E-state index < -0.39 is 17.7 Å². The van der Waals surface area contributed by atoms with E-state index in [4.69, 9.17) is 9.47 Å². The van der Waals surface area contributed by atoms with Gasteiger partial charge >= 0.3 is 5.97 Å². The second-order valence-electron chi connectivity index (χ2n) is 6.57. The Kier molecular flexibility index (Phi) is 5.74. The fourth-order valence-corrected chi connectivity index (χ4v) is 3.10. The van der Waals surface area contributed by atoms with E-state index in [0.29, 0.717) is 6.54 Å². The standard InChI is InChI=1S/C21H22FNO4/c1-14-6-5-8-18(15(14)2)23-13-16(12-20(23)24)21(25)27-11-10-26-19-9-4-3-7-17(19)22/h3-9,16H,10-13H2,1-2H3/t16-/m0/s1. The first-order valence-corrected chi connectivity index (χ1v) is 8.88. The van der Waals surface area contributed by atoms with Crippen LogP contribution in [0.15, 0.2) is 42.5 Å². The zero-order chi connectivity index (χ0) is 19.4. The minimum atomic E-state index is -0.508. The second-order valence-corrected chi connectivity index (χ2v) is 6.57. The highest BCUT2D eigenvalue weighted by Gasteiger charge is 2.36. The predicted molar refractivity (Wildman–Crippen MR) is 99.2 cm³/mol. The van der Waals surface area contributed by atoms with Gasteiger partial charge in [-0.15, -0.1) is 0 Å². The fourth-order valence-electron chi connectivity index (χ4n) is 3.10. The molecule has 2 aromatic carbocycles. The van der Waals surface area contributed by atoms with Gasteiger partial charge in [0.2, 0.25) is 5.91 Å². The summed E-state index contributed by atoms with van der Waals surface area (Å²) in [7, 11) is 0. The summed E-state index contributed by atoms with van der Waals surface area (Å²) in [5.41, 5.74) is 2.95. The number of esters is 1. The van der Waals surface area contributed by atoms with Crippen molar-refractivity contribution in [2.24, 2.45) is 5.92 Å². The molecule has 0 aromatic heterocycles. The van der Waals surface area contributed by atoms with Gasteiger partial charge in [-0.25, -0.2) is 4.39 Å². The Morgan fingerprint density at radius 2 is 1.93 bits per heavy atom. The van der Waals surface area contributed by atoms with Crippen molar-refractivity contribution in [2.75, 3.05) is 24.7 Å². The number of carbonyl (C=O) groups excluding carboxylic acids is 2. The highest BCUT2D eigenvalue weighted by molar-refractivity contribution is 6.00. The molecule has 27 heavy (non-hydrogen) atoms. The van der Waals surface area contributed by atoms with E-state index in [-0.39, 0.29) is 31.3 Å². The number of aryl methyl sites for hydroxylation is 1. The smallest absolute Gasteiger partial charge is 0.311 e. The molecule has 0 aliphatic carbocycles. The van der Waals surface area contributed by atoms with Gasteiger partial charge in [0.15, 0.2) is 11.6 Å². The van der Waals surface area contributed by atoms with Crippen LogP contribution in [0.1, 0.15) is 17.5 Å². The summed E-state index contributed by atoms with van der Waals surface area (Å²) in [6.07, 6.45) is 0.125. The van der Waals surface area contributed by atoms with Gasteiger partial charge in [-0.3, -0.25) is 9.59 Å². The van der Waals surface area contributed by atoms with Crippen molar-refractivity contribution < 1.29 is 23.5 Å². The van der Waals surface area contributed by atoms with Crippen molar-refractivity contribution in [3.63, 3.8) is 0 Å². The van der Waals surface area contributed by atoms with Gasteiger partial charge in [0.25, 0.3) is 0 Å². The summed E-state index contributed by atoms with van der Waals surface area (Å²) in [5.74, 6) is -1.38. The summed E-state index contributed by atoms with van der Waals surface area (Å²) in [6, 6.07) is 11.8. The van der Waals surface area contributed by atoms with E-state index in [9.17, 15) is 14.0 Å². The molecule has 0 N–H and O–H groups in total. The minimum absolute atomic E-state index is 0.00132. The maximum absolute atomic E-state index is 13.5. The highest BCUT2D eigenvalue weighted by Crippen LogP contribution is 2.29. The Bertz CT molecular complexity index is 852. The Morgan fingerprint density at radius 3 is 2.70 bits per heavy atom. The van der Waals surface area contributed by atoms with Gasteiger partial charge in [-0.2, -0.15) is 0 Å². The number of halogens is 1. The molecular weight excluding hydrogens is 349 g/mol. The number of nitrogens with zero attached hydrogens (tertiary/aromatic N) is 1. The summed E-state index contributed by atoms with van der Waals surface area (Å²) in [6.45, 7) is 4.30. The van der Waals surface area contributed by atoms with Gasteiger partial charge in [0.05, 0.1) is 5.92 Å². The SMILES string of the molecule is Cc1cccc(N2C[C@@H](C(=O)OCCOc3ccccc3F)CC2=O)c1C. The van der Waals surface area contributed by atoms with E-state index in [1.807, 2.05) is 32.0 Å². The molecule has 1 fully saturated rings. The van der Waals surface area contributed by atoms with Crippen molar-refractivity contribution in [3.05, 3.63) is 59.4 Å². The number of hydrogen-bond acceptors (Lipinski definition) is 4. The molecule has 5 nitrogen and oxygen atoms in total. The first kappa shape index (κ1) is 18.9. The van der Waals surface area contributed by atoms with Crippen LogP contribution in [-0.4, -0.2) is 31.6 Å². The number of hydrogen-bond donors (Lipinski definition) is 0. The van der Waals surface area contributed by atoms with Crippen LogP contribution in [0, 0.1) is 25.6 Å². The molecule has 1 saturated heterocycles. The van der Waals surface area contributed by atoms with Crippen molar-refractivity contribution in [1.29, 1.82) is 0 Å². The Hall–Kier alpha value is -2.89. The fraction of sp³-hybridized carbons (Fsp3) is 0.333. The molecule has 1 amide bonds. The Labute approximate surface area is 157 Å². The second kappa shape index (κ2) is 8.20. The zero-order valence-corrected chi connectivity index (χ0v) is 15.4. The van der Waals surface area contributed by atoms with E-state index in [0.717, 1.165) is 16.8 Å². The minimum Gasteiger partial charge on any atom is -0.487 e. The maximum Gasteiger partial charge on any atom is 0.311 e. The van der Waals surface area contributed by atoms with Crippen LogP contribution in [0.2, 0.25) is 0 Å². The maximum atomic E-state index is 13.5. The van der Waals surface area contributed by atoms with Gasteiger partial charge in [-0.1, -0.05) is 24.3 Å². The monoisotopic (exact) mass is 371 g/mol. The molecule has 1 aliphatic rings. The number of ether oxygens (including phenoxy) is 2. The van der Waals surface area contributed by atoms with E-state index in [1.165, 1.54) is 12.1 Å². The third-order valence-corrected chi connectivity index (χ3v) is 4.75. The van der Waals surface area contributed by atoms with Crippen LogP contribution in [0.4, 0.5) is 10.1 Å². The normalized spacial score (nSPS) is 16.5. The molecule has 1 aliphatic heterocycles. The molecule has 0 radical (unpaired) electrons. The molecule has 3 rings (SSSR count). The highest BCUT2D eigenvalue weighted by atomic mass is 19.1. The first-order chi connectivity index (χ1) is 13.0. The molecule has 0 bridgehead atoms. The Morgan fingerprint density at radius 1 is 1.15 bits per heavy atom. The predicted octanol–water partition coefficient (Wildman–Crippen LogP) is 3.42. The number of carbonyl (C=O) groups is 2. The summed E-state index contributed by atoms with van der Waals surface area (Å²) < 4.78 is 23.9. The molecule has 1 atom stereocenters. The van der Waals surface area contributed by atoms with Gasteiger partial charge in [0, 0.05) is 18.7 Å². The number of rotatable bonds is 6. The van der Waals surface area contributed by atoms with Crippen LogP contribution in [0.25, 0.3) is 0 Å². The number of amides is 1. The van der Waals surface area contributed by atoms with Gasteiger partial charge in [0.1, 0.15) is 13.2 Å².